The Morgan fingerprint density at radius 3 is 1.50 bits per heavy atom. The van der Waals surface area contributed by atoms with Crippen LogP contribution < -0.4 is 51.4 Å². The third-order valence-electron chi connectivity index (χ3n) is 1.33. The van der Waals surface area contributed by atoms with Gasteiger partial charge in [0, 0.05) is 0 Å². The fourth-order valence-electron chi connectivity index (χ4n) is 0.644. The molecule has 1 fully saturated rings. The molecule has 0 saturated heterocycles. The molecule has 0 radical (unpaired) electrons. The van der Waals surface area contributed by atoms with Crippen LogP contribution in [0.2, 0.25) is 5.82 Å². The monoisotopic (exact) mass is 184 g/mol. The molecule has 0 spiro atoms. The maximum atomic E-state index is 11.6. The minimum absolute atomic E-state index is 0. The molecular weight excluding hydrogens is 181 g/mol. The van der Waals surface area contributed by atoms with Gasteiger partial charge in [-0.15, -0.1) is 0 Å². The summed E-state index contributed by atoms with van der Waals surface area (Å²) in [6.45, 7) is -5.29. The molecule has 10 heavy (non-hydrogen) atoms. The van der Waals surface area contributed by atoms with Crippen LogP contribution in [0.3, 0.4) is 0 Å². The molecule has 7 heteroatoms. The second-order valence-electron chi connectivity index (χ2n) is 2.20. The molecule has 0 aliphatic heterocycles. The molecule has 0 aromatic heterocycles. The number of hydrogen-bond donors (Lipinski definition) is 0. The molecule has 0 amide bonds. The van der Waals surface area contributed by atoms with Crippen molar-refractivity contribution in [1.82, 2.24) is 0 Å². The van der Waals surface area contributed by atoms with E-state index in [2.05, 4.69) is 0 Å². The quantitative estimate of drug-likeness (QED) is 0.371. The summed E-state index contributed by atoms with van der Waals surface area (Å²) < 4.78 is 57.1. The van der Waals surface area contributed by atoms with Gasteiger partial charge in [-0.3, -0.25) is 0 Å². The molecule has 1 aliphatic carbocycles. The Bertz CT molecular complexity index is 131. The van der Waals surface area contributed by atoms with Crippen molar-refractivity contribution in [3.8, 4) is 0 Å². The average molecular weight is 184 g/mol. The summed E-state index contributed by atoms with van der Waals surface area (Å²) in [5.41, 5.74) is 0. The van der Waals surface area contributed by atoms with E-state index in [1.165, 1.54) is 0 Å². The molecule has 1 aliphatic rings. The molecule has 0 unspecified atom stereocenters. The Morgan fingerprint density at radius 2 is 1.50 bits per heavy atom. The predicted octanol–water partition coefficient (Wildman–Crippen LogP) is -0.753. The van der Waals surface area contributed by atoms with Crippen molar-refractivity contribution in [1.29, 1.82) is 0 Å². The van der Waals surface area contributed by atoms with Crippen LogP contribution in [-0.2, 0) is 0 Å². The number of rotatable bonds is 1. The van der Waals surface area contributed by atoms with E-state index in [-0.39, 0.29) is 51.4 Å². The van der Waals surface area contributed by atoms with Crippen molar-refractivity contribution in [2.45, 2.75) is 18.2 Å². The van der Waals surface area contributed by atoms with Crippen molar-refractivity contribution in [3.05, 3.63) is 0 Å². The zero-order valence-corrected chi connectivity index (χ0v) is 8.37. The van der Waals surface area contributed by atoms with Gasteiger partial charge in [-0.05, 0) is 12.2 Å². The zero-order valence-electron chi connectivity index (χ0n) is 5.25. The van der Waals surface area contributed by atoms with Crippen molar-refractivity contribution < 1.29 is 73.1 Å². The van der Waals surface area contributed by atoms with Crippen LogP contribution in [0.15, 0.2) is 0 Å². The third kappa shape index (κ3) is 2.44. The van der Waals surface area contributed by atoms with Crippen LogP contribution in [0.4, 0.5) is 21.7 Å². The predicted molar refractivity (Wildman–Crippen MR) is 22.4 cm³/mol. The minimum Gasteiger partial charge on any atom is -0.449 e. The van der Waals surface area contributed by atoms with E-state index in [1.807, 2.05) is 0 Å². The summed E-state index contributed by atoms with van der Waals surface area (Å²) >= 11 is 0. The molecule has 0 heterocycles. The van der Waals surface area contributed by atoms with Crippen LogP contribution in [-0.4, -0.2) is 12.9 Å². The normalized spacial score (nSPS) is 29.1. The first-order chi connectivity index (χ1) is 3.84. The average Bonchev–Trinajstić information content (AvgIpc) is 2.10. The van der Waals surface area contributed by atoms with Crippen LogP contribution in [0, 0.1) is 0 Å². The van der Waals surface area contributed by atoms with Gasteiger partial charge in [-0.2, -0.15) is 0 Å². The standard InChI is InChI=1S/C3H3BF5.K/c5-3(6)1-2(3)4(7,8)9;/h2H,1H2;/q-1;+1/t2-;/m0./s1. The summed E-state index contributed by atoms with van der Waals surface area (Å²) in [7, 11) is 0. The van der Waals surface area contributed by atoms with Crippen LogP contribution in [0.5, 0.6) is 0 Å². The van der Waals surface area contributed by atoms with Crippen molar-refractivity contribution >= 4 is 6.98 Å². The smallest absolute Gasteiger partial charge is 0.449 e. The summed E-state index contributed by atoms with van der Waals surface area (Å²) in [6, 6.07) is 0. The first kappa shape index (κ1) is 11.4. The van der Waals surface area contributed by atoms with Gasteiger partial charge in [0.25, 0.3) is 0 Å². The summed E-state index contributed by atoms with van der Waals surface area (Å²) in [5.74, 6) is -5.75. The Hall–Kier alpha value is 1.35. The molecule has 0 aromatic carbocycles. The molecule has 1 atom stereocenters. The van der Waals surface area contributed by atoms with Crippen molar-refractivity contribution in [2.24, 2.45) is 0 Å². The maximum Gasteiger partial charge on any atom is 1.00 e. The molecule has 54 valence electrons. The van der Waals surface area contributed by atoms with Gasteiger partial charge in [-0.25, -0.2) is 8.78 Å². The first-order valence-electron chi connectivity index (χ1n) is 2.42. The Labute approximate surface area is 97.0 Å². The van der Waals surface area contributed by atoms with Gasteiger partial charge in [0.05, 0.1) is 0 Å². The molecule has 0 bridgehead atoms. The molecule has 0 N–H and O–H groups in total. The van der Waals surface area contributed by atoms with Crippen molar-refractivity contribution in [3.63, 3.8) is 0 Å². The van der Waals surface area contributed by atoms with Crippen LogP contribution in [0.1, 0.15) is 6.42 Å². The molecule has 0 nitrogen and oxygen atoms in total. The van der Waals surface area contributed by atoms with E-state index < -0.39 is 25.1 Å². The zero-order chi connectivity index (χ0) is 7.28. The van der Waals surface area contributed by atoms with E-state index in [0.717, 1.165) is 0 Å². The molecule has 0 aromatic rings. The van der Waals surface area contributed by atoms with Gasteiger partial charge in [0.2, 0.25) is 5.92 Å². The summed E-state index contributed by atoms with van der Waals surface area (Å²) in [6.07, 6.45) is -1.00. The second-order valence-corrected chi connectivity index (χ2v) is 2.20. The fraction of sp³-hybridized carbons (Fsp3) is 1.00. The summed E-state index contributed by atoms with van der Waals surface area (Å²) in [5, 5.41) is 0. The topological polar surface area (TPSA) is 0 Å². The van der Waals surface area contributed by atoms with Gasteiger partial charge in [0.1, 0.15) is 0 Å². The maximum absolute atomic E-state index is 11.6. The van der Waals surface area contributed by atoms with Crippen molar-refractivity contribution in [2.75, 3.05) is 0 Å². The Balaban J connectivity index is 0.000000810. The van der Waals surface area contributed by atoms with E-state index in [9.17, 15) is 21.7 Å². The Morgan fingerprint density at radius 1 is 1.20 bits per heavy atom. The fourth-order valence-corrected chi connectivity index (χ4v) is 0.644. The Kier molecular flexibility index (Phi) is 3.41. The van der Waals surface area contributed by atoms with E-state index in [1.54, 1.807) is 0 Å². The molecular formula is C3H3BF5K. The largest absolute Gasteiger partial charge is 1.00 e. The van der Waals surface area contributed by atoms with Crippen LogP contribution in [0.25, 0.3) is 0 Å². The third-order valence-corrected chi connectivity index (χ3v) is 1.33. The summed E-state index contributed by atoms with van der Waals surface area (Å²) in [4.78, 5) is 0. The van der Waals surface area contributed by atoms with Crippen LogP contribution >= 0.6 is 0 Å². The SMILES string of the molecule is F[B-](F)(F)[C@H]1CC1(F)F.[K+]. The molecule has 1 rings (SSSR count). The number of hydrogen-bond acceptors (Lipinski definition) is 0. The molecule has 1 saturated carbocycles. The van der Waals surface area contributed by atoms with E-state index in [0.29, 0.717) is 0 Å². The van der Waals surface area contributed by atoms with Gasteiger partial charge in [-0.1, -0.05) is 0 Å². The first-order valence-corrected chi connectivity index (χ1v) is 2.42. The second kappa shape index (κ2) is 3.01. The minimum atomic E-state index is -5.29. The van der Waals surface area contributed by atoms with E-state index in [4.69, 9.17) is 0 Å². The van der Waals surface area contributed by atoms with Gasteiger partial charge >= 0.3 is 58.4 Å². The number of alkyl halides is 2. The van der Waals surface area contributed by atoms with Gasteiger partial charge < -0.3 is 12.9 Å². The number of halogens is 5. The van der Waals surface area contributed by atoms with Gasteiger partial charge in [0.15, 0.2) is 0 Å². The van der Waals surface area contributed by atoms with E-state index >= 15 is 0 Å².